The molecule has 2 aromatic heterocycles. The number of oxazole rings is 1. The van der Waals surface area contributed by atoms with E-state index in [0.29, 0.717) is 11.6 Å². The van der Waals surface area contributed by atoms with Crippen LogP contribution in [0.3, 0.4) is 0 Å². The second kappa shape index (κ2) is 8.28. The minimum atomic E-state index is -0.318. The van der Waals surface area contributed by atoms with Crippen LogP contribution >= 0.6 is 0 Å². The molecule has 1 aromatic carbocycles. The van der Waals surface area contributed by atoms with Gasteiger partial charge in [0.05, 0.1) is 17.6 Å². The van der Waals surface area contributed by atoms with Gasteiger partial charge in [-0.15, -0.1) is 0 Å². The number of benzene rings is 1. The van der Waals surface area contributed by atoms with Gasteiger partial charge in [-0.05, 0) is 32.3 Å². The third-order valence-electron chi connectivity index (χ3n) is 5.41. The van der Waals surface area contributed by atoms with Crippen molar-refractivity contribution in [3.8, 4) is 11.1 Å². The molecule has 30 heavy (non-hydrogen) atoms. The number of aryl methyl sites for hydroxylation is 3. The number of aromatic nitrogens is 2. The third kappa shape index (κ3) is 4.21. The van der Waals surface area contributed by atoms with Crippen LogP contribution in [-0.2, 0) is 0 Å². The van der Waals surface area contributed by atoms with E-state index in [1.807, 2.05) is 6.20 Å². The van der Waals surface area contributed by atoms with E-state index in [0.717, 1.165) is 42.7 Å². The normalized spacial score (nSPS) is 14.7. The van der Waals surface area contributed by atoms with Gasteiger partial charge in [-0.3, -0.25) is 9.78 Å². The highest BCUT2D eigenvalue weighted by Gasteiger charge is 2.24. The second-order valence-corrected chi connectivity index (χ2v) is 7.99. The van der Waals surface area contributed by atoms with Gasteiger partial charge < -0.3 is 20.4 Å². The van der Waals surface area contributed by atoms with E-state index in [1.54, 1.807) is 13.1 Å². The number of piperidine rings is 1. The average Bonchev–Trinajstić information content (AvgIpc) is 3.14. The summed E-state index contributed by atoms with van der Waals surface area (Å²) in [6.07, 6.45) is 6.75. The molecule has 0 saturated carbocycles. The Morgan fingerprint density at radius 3 is 2.47 bits per heavy atom. The molecule has 0 atom stereocenters. The largest absolute Gasteiger partial charge is 0.448 e. The topological polar surface area (TPSA) is 97.3 Å². The van der Waals surface area contributed by atoms with Gasteiger partial charge in [0.1, 0.15) is 6.26 Å². The van der Waals surface area contributed by atoms with E-state index in [1.165, 1.54) is 17.4 Å². The Balaban J connectivity index is 1.78. The molecular weight excluding hydrogens is 378 g/mol. The Kier molecular flexibility index (Phi) is 5.55. The van der Waals surface area contributed by atoms with Crippen LogP contribution in [0, 0.1) is 20.8 Å². The van der Waals surface area contributed by atoms with Crippen molar-refractivity contribution in [3.63, 3.8) is 0 Å². The first kappa shape index (κ1) is 20.1. The number of carbonyl (C=O) groups is 1. The molecule has 1 aliphatic heterocycles. The van der Waals surface area contributed by atoms with E-state index in [2.05, 4.69) is 52.2 Å². The summed E-state index contributed by atoms with van der Waals surface area (Å²) in [5.41, 5.74) is 12.5. The van der Waals surface area contributed by atoms with Crippen molar-refractivity contribution >= 4 is 17.3 Å². The highest BCUT2D eigenvalue weighted by molar-refractivity contribution is 6.05. The number of rotatable bonds is 4. The molecule has 3 heterocycles. The van der Waals surface area contributed by atoms with Gasteiger partial charge in [-0.1, -0.05) is 29.3 Å². The molecule has 3 aromatic rings. The number of nitrogens with zero attached hydrogens (tertiary/aromatic N) is 3. The summed E-state index contributed by atoms with van der Waals surface area (Å²) in [6, 6.07) is 6.66. The summed E-state index contributed by atoms with van der Waals surface area (Å²) in [5, 5.41) is 2.99. The lowest BCUT2D eigenvalue weighted by Crippen LogP contribution is -2.40. The van der Waals surface area contributed by atoms with E-state index < -0.39 is 0 Å². The van der Waals surface area contributed by atoms with E-state index in [4.69, 9.17) is 10.2 Å². The summed E-state index contributed by atoms with van der Waals surface area (Å²) in [5.74, 6) is 0.133. The minimum Gasteiger partial charge on any atom is -0.448 e. The number of anilines is 2. The van der Waals surface area contributed by atoms with Crippen molar-refractivity contribution in [2.75, 3.05) is 23.3 Å². The van der Waals surface area contributed by atoms with E-state index >= 15 is 0 Å². The number of amides is 1. The quantitative estimate of drug-likeness (QED) is 0.684. The van der Waals surface area contributed by atoms with Crippen LogP contribution in [0.2, 0.25) is 0 Å². The Morgan fingerprint density at radius 1 is 1.13 bits per heavy atom. The SMILES string of the molecule is Cc1cc(C)cc(-c2cncc(NC(=O)c3coc(C)n3)c2N2CCC(N)CC2)c1. The minimum absolute atomic E-state index is 0.212. The van der Waals surface area contributed by atoms with Crippen molar-refractivity contribution in [2.45, 2.75) is 39.7 Å². The van der Waals surface area contributed by atoms with Crippen molar-refractivity contribution in [3.05, 3.63) is 59.6 Å². The molecule has 0 radical (unpaired) electrons. The predicted octanol–water partition coefficient (Wildman–Crippen LogP) is 3.84. The van der Waals surface area contributed by atoms with Gasteiger partial charge in [0, 0.05) is 37.8 Å². The maximum atomic E-state index is 12.8. The molecular formula is C23H27N5O2. The van der Waals surface area contributed by atoms with Gasteiger partial charge in [-0.2, -0.15) is 0 Å². The molecule has 1 aliphatic rings. The monoisotopic (exact) mass is 405 g/mol. The highest BCUT2D eigenvalue weighted by Crippen LogP contribution is 2.38. The molecule has 7 heteroatoms. The first-order valence-corrected chi connectivity index (χ1v) is 10.2. The van der Waals surface area contributed by atoms with Gasteiger partial charge in [-0.25, -0.2) is 4.98 Å². The molecule has 1 fully saturated rings. The third-order valence-corrected chi connectivity index (χ3v) is 5.41. The average molecular weight is 406 g/mol. The van der Waals surface area contributed by atoms with Crippen molar-refractivity contribution < 1.29 is 9.21 Å². The molecule has 0 aliphatic carbocycles. The van der Waals surface area contributed by atoms with Crippen LogP contribution < -0.4 is 16.0 Å². The lowest BCUT2D eigenvalue weighted by molar-refractivity contribution is 0.102. The molecule has 156 valence electrons. The van der Waals surface area contributed by atoms with Crippen LogP contribution in [0.4, 0.5) is 11.4 Å². The lowest BCUT2D eigenvalue weighted by Gasteiger charge is -2.34. The van der Waals surface area contributed by atoms with Gasteiger partial charge in [0.15, 0.2) is 11.6 Å². The summed E-state index contributed by atoms with van der Waals surface area (Å²) in [7, 11) is 0. The number of nitrogens with two attached hydrogens (primary N) is 1. The van der Waals surface area contributed by atoms with E-state index in [9.17, 15) is 4.79 Å². The molecule has 0 unspecified atom stereocenters. The van der Waals surface area contributed by atoms with Crippen LogP contribution in [-0.4, -0.2) is 35.0 Å². The number of nitrogens with one attached hydrogen (secondary N) is 1. The zero-order valence-electron chi connectivity index (χ0n) is 17.6. The van der Waals surface area contributed by atoms with Gasteiger partial charge in [0.2, 0.25) is 0 Å². The summed E-state index contributed by atoms with van der Waals surface area (Å²) < 4.78 is 5.19. The van der Waals surface area contributed by atoms with Crippen LogP contribution in [0.1, 0.15) is 40.3 Å². The highest BCUT2D eigenvalue weighted by atomic mass is 16.3. The molecule has 3 N–H and O–H groups in total. The fourth-order valence-electron chi connectivity index (χ4n) is 4.00. The van der Waals surface area contributed by atoms with Crippen LogP contribution in [0.15, 0.2) is 41.3 Å². The van der Waals surface area contributed by atoms with Crippen molar-refractivity contribution in [2.24, 2.45) is 5.73 Å². The Labute approximate surface area is 176 Å². The van der Waals surface area contributed by atoms with Crippen molar-refractivity contribution in [1.82, 2.24) is 9.97 Å². The maximum Gasteiger partial charge on any atom is 0.277 e. The van der Waals surface area contributed by atoms with Gasteiger partial charge >= 0.3 is 0 Å². The summed E-state index contributed by atoms with van der Waals surface area (Å²) in [6.45, 7) is 7.54. The lowest BCUT2D eigenvalue weighted by atomic mass is 9.98. The molecule has 7 nitrogen and oxygen atoms in total. The van der Waals surface area contributed by atoms with E-state index in [-0.39, 0.29) is 17.6 Å². The zero-order chi connectivity index (χ0) is 21.3. The Bertz CT molecular complexity index is 1050. The van der Waals surface area contributed by atoms with Gasteiger partial charge in [0.25, 0.3) is 5.91 Å². The molecule has 1 amide bonds. The summed E-state index contributed by atoms with van der Waals surface area (Å²) in [4.78, 5) is 23.6. The molecule has 1 saturated heterocycles. The summed E-state index contributed by atoms with van der Waals surface area (Å²) >= 11 is 0. The van der Waals surface area contributed by atoms with Crippen LogP contribution in [0.5, 0.6) is 0 Å². The smallest absolute Gasteiger partial charge is 0.277 e. The number of hydrogen-bond donors (Lipinski definition) is 2. The fraction of sp³-hybridized carbons (Fsp3) is 0.348. The predicted molar refractivity (Wildman–Crippen MR) is 118 cm³/mol. The molecule has 4 rings (SSSR count). The second-order valence-electron chi connectivity index (χ2n) is 7.99. The molecule has 0 spiro atoms. The zero-order valence-corrected chi connectivity index (χ0v) is 17.6. The molecule has 0 bridgehead atoms. The maximum absolute atomic E-state index is 12.8. The Morgan fingerprint density at radius 2 is 1.83 bits per heavy atom. The standard InChI is InChI=1S/C23H27N5O2/c1-14-8-15(2)10-17(9-14)19-11-25-12-20(22(19)28-6-4-18(24)5-7-28)27-23(29)21-13-30-16(3)26-21/h8-13,18H,4-7,24H2,1-3H3,(H,27,29). The first-order valence-electron chi connectivity index (χ1n) is 10.2. The Hall–Kier alpha value is -3.19. The van der Waals surface area contributed by atoms with Crippen LogP contribution in [0.25, 0.3) is 11.1 Å². The number of hydrogen-bond acceptors (Lipinski definition) is 6. The number of pyridine rings is 1. The fourth-order valence-corrected chi connectivity index (χ4v) is 4.00. The first-order chi connectivity index (χ1) is 14.4. The number of carbonyl (C=O) groups excluding carboxylic acids is 1. The van der Waals surface area contributed by atoms with Crippen molar-refractivity contribution in [1.29, 1.82) is 0 Å².